The van der Waals surface area contributed by atoms with Crippen LogP contribution < -0.4 is 10.1 Å². The number of aryl methyl sites for hydroxylation is 1. The second-order valence-electron chi connectivity index (χ2n) is 3.65. The zero-order valence-electron chi connectivity index (χ0n) is 9.82. The van der Waals surface area contributed by atoms with Crippen LogP contribution in [-0.4, -0.2) is 27.6 Å². The Labute approximate surface area is 105 Å². The number of nitrogens with zero attached hydrogens (tertiary/aromatic N) is 3. The van der Waals surface area contributed by atoms with Gasteiger partial charge in [0.1, 0.15) is 5.75 Å². The van der Waals surface area contributed by atoms with Gasteiger partial charge >= 0.3 is 6.09 Å². The summed E-state index contributed by atoms with van der Waals surface area (Å²) in [5.74, 6) is 0.534. The van der Waals surface area contributed by atoms with E-state index >= 15 is 0 Å². The monoisotopic (exact) mass is 246 g/mol. The summed E-state index contributed by atoms with van der Waals surface area (Å²) in [7, 11) is 0. The van der Waals surface area contributed by atoms with E-state index < -0.39 is 6.09 Å². The van der Waals surface area contributed by atoms with E-state index in [1.54, 1.807) is 29.2 Å². The van der Waals surface area contributed by atoms with Gasteiger partial charge in [-0.15, -0.1) is 5.10 Å². The molecule has 0 saturated heterocycles. The van der Waals surface area contributed by atoms with Gasteiger partial charge in [0.25, 0.3) is 0 Å². The van der Waals surface area contributed by atoms with E-state index in [2.05, 4.69) is 15.6 Å². The third-order valence-corrected chi connectivity index (χ3v) is 2.26. The minimum Gasteiger partial charge on any atom is -0.410 e. The molecule has 1 aromatic heterocycles. The Morgan fingerprint density at radius 2 is 2.17 bits per heavy atom. The van der Waals surface area contributed by atoms with E-state index in [0.29, 0.717) is 18.8 Å². The topological polar surface area (TPSA) is 69.0 Å². The minimum absolute atomic E-state index is 0.445. The third kappa shape index (κ3) is 3.89. The highest BCUT2D eigenvalue weighted by Crippen LogP contribution is 2.07. The number of hydrogen-bond donors (Lipinski definition) is 1. The fourth-order valence-corrected chi connectivity index (χ4v) is 1.42. The summed E-state index contributed by atoms with van der Waals surface area (Å²) in [5, 5.41) is 10.2. The second-order valence-corrected chi connectivity index (χ2v) is 3.65. The molecule has 0 spiro atoms. The molecule has 1 N–H and O–H groups in total. The van der Waals surface area contributed by atoms with E-state index in [0.717, 1.165) is 6.42 Å². The Morgan fingerprint density at radius 1 is 1.33 bits per heavy atom. The number of aromatic nitrogens is 3. The van der Waals surface area contributed by atoms with Crippen LogP contribution in [0.1, 0.15) is 6.42 Å². The first-order chi connectivity index (χ1) is 8.84. The molecule has 1 aromatic carbocycles. The smallest absolute Gasteiger partial charge is 0.410 e. The molecule has 1 heterocycles. The highest BCUT2D eigenvalue weighted by Gasteiger charge is 2.02. The van der Waals surface area contributed by atoms with E-state index in [-0.39, 0.29) is 0 Å². The van der Waals surface area contributed by atoms with Gasteiger partial charge in [0, 0.05) is 19.3 Å². The highest BCUT2D eigenvalue weighted by molar-refractivity contribution is 5.70. The number of para-hydroxylation sites is 1. The van der Waals surface area contributed by atoms with Crippen LogP contribution in [0.25, 0.3) is 0 Å². The van der Waals surface area contributed by atoms with Crippen LogP contribution in [0.2, 0.25) is 0 Å². The summed E-state index contributed by atoms with van der Waals surface area (Å²) in [4.78, 5) is 11.4. The fraction of sp³-hybridized carbons (Fsp3) is 0.250. The third-order valence-electron chi connectivity index (χ3n) is 2.26. The Kier molecular flexibility index (Phi) is 4.29. The van der Waals surface area contributed by atoms with E-state index in [1.807, 2.05) is 18.2 Å². The van der Waals surface area contributed by atoms with Crippen LogP contribution in [-0.2, 0) is 6.54 Å². The van der Waals surface area contributed by atoms with Crippen LogP contribution in [0.15, 0.2) is 42.7 Å². The molecule has 0 aliphatic heterocycles. The van der Waals surface area contributed by atoms with E-state index in [9.17, 15) is 4.79 Å². The first-order valence-electron chi connectivity index (χ1n) is 5.69. The molecule has 94 valence electrons. The van der Waals surface area contributed by atoms with Gasteiger partial charge in [0.2, 0.25) is 0 Å². The molecule has 0 bridgehead atoms. The predicted octanol–water partition coefficient (Wildman–Crippen LogP) is 1.46. The van der Waals surface area contributed by atoms with Crippen molar-refractivity contribution in [2.24, 2.45) is 0 Å². The standard InChI is InChI=1S/C12H14N4O2/c17-12(18-11-5-2-1-3-6-11)13-7-4-9-16-10-8-14-15-16/h1-3,5-6,8,10H,4,7,9H2,(H,13,17). The first kappa shape index (κ1) is 12.1. The summed E-state index contributed by atoms with van der Waals surface area (Å²) in [6, 6.07) is 8.95. The number of carbonyl (C=O) groups excluding carboxylic acids is 1. The van der Waals surface area contributed by atoms with Crippen molar-refractivity contribution in [3.8, 4) is 5.75 Å². The predicted molar refractivity (Wildman–Crippen MR) is 65.1 cm³/mol. The van der Waals surface area contributed by atoms with Crippen LogP contribution in [0.4, 0.5) is 4.79 Å². The van der Waals surface area contributed by atoms with Crippen molar-refractivity contribution in [1.29, 1.82) is 0 Å². The SMILES string of the molecule is O=C(NCCCn1ccnn1)Oc1ccccc1. The quantitative estimate of drug-likeness (QED) is 0.811. The van der Waals surface area contributed by atoms with Crippen molar-refractivity contribution < 1.29 is 9.53 Å². The molecule has 0 unspecified atom stereocenters. The number of ether oxygens (including phenoxy) is 1. The van der Waals surface area contributed by atoms with Crippen molar-refractivity contribution in [3.05, 3.63) is 42.7 Å². The lowest BCUT2D eigenvalue weighted by Gasteiger charge is -2.06. The van der Waals surface area contributed by atoms with Crippen molar-refractivity contribution in [3.63, 3.8) is 0 Å². The average Bonchev–Trinajstić information content (AvgIpc) is 2.89. The van der Waals surface area contributed by atoms with E-state index in [4.69, 9.17) is 4.74 Å². The summed E-state index contributed by atoms with van der Waals surface area (Å²) in [6.07, 6.45) is 3.73. The number of nitrogens with one attached hydrogen (secondary N) is 1. The molecule has 0 aliphatic carbocycles. The summed E-state index contributed by atoms with van der Waals surface area (Å²) >= 11 is 0. The Balaban J connectivity index is 1.63. The molecule has 0 aliphatic rings. The van der Waals surface area contributed by atoms with Crippen LogP contribution in [0, 0.1) is 0 Å². The second kappa shape index (κ2) is 6.39. The van der Waals surface area contributed by atoms with Crippen molar-refractivity contribution >= 4 is 6.09 Å². The number of rotatable bonds is 5. The molecule has 6 nitrogen and oxygen atoms in total. The van der Waals surface area contributed by atoms with Gasteiger partial charge in [-0.25, -0.2) is 4.79 Å². The van der Waals surface area contributed by atoms with Crippen LogP contribution in [0.5, 0.6) is 5.75 Å². The zero-order valence-corrected chi connectivity index (χ0v) is 9.82. The molecule has 0 fully saturated rings. The molecular formula is C12H14N4O2. The number of amides is 1. The molecule has 0 saturated carbocycles. The molecule has 1 amide bonds. The lowest BCUT2D eigenvalue weighted by Crippen LogP contribution is -2.28. The molecule has 0 radical (unpaired) electrons. The zero-order chi connectivity index (χ0) is 12.6. The maximum absolute atomic E-state index is 11.4. The van der Waals surface area contributed by atoms with Gasteiger partial charge in [0.05, 0.1) is 6.20 Å². The average molecular weight is 246 g/mol. The maximum Gasteiger partial charge on any atom is 0.412 e. The normalized spacial score (nSPS) is 10.0. The fourth-order valence-electron chi connectivity index (χ4n) is 1.42. The van der Waals surface area contributed by atoms with Crippen molar-refractivity contribution in [2.45, 2.75) is 13.0 Å². The van der Waals surface area contributed by atoms with Gasteiger partial charge in [-0.3, -0.25) is 4.68 Å². The molecule has 2 aromatic rings. The lowest BCUT2D eigenvalue weighted by atomic mass is 10.3. The highest BCUT2D eigenvalue weighted by atomic mass is 16.5. The van der Waals surface area contributed by atoms with Crippen molar-refractivity contribution in [2.75, 3.05) is 6.54 Å². The molecule has 2 rings (SSSR count). The summed E-state index contributed by atoms with van der Waals surface area (Å²) < 4.78 is 6.78. The van der Waals surface area contributed by atoms with Gasteiger partial charge < -0.3 is 10.1 Å². The number of carbonyl (C=O) groups is 1. The van der Waals surface area contributed by atoms with Gasteiger partial charge in [-0.1, -0.05) is 23.4 Å². The molecule has 18 heavy (non-hydrogen) atoms. The van der Waals surface area contributed by atoms with Crippen LogP contribution >= 0.6 is 0 Å². The Morgan fingerprint density at radius 3 is 2.89 bits per heavy atom. The van der Waals surface area contributed by atoms with Crippen LogP contribution in [0.3, 0.4) is 0 Å². The maximum atomic E-state index is 11.4. The van der Waals surface area contributed by atoms with E-state index in [1.165, 1.54) is 0 Å². The minimum atomic E-state index is -0.445. The van der Waals surface area contributed by atoms with Gasteiger partial charge in [-0.05, 0) is 18.6 Å². The number of hydrogen-bond acceptors (Lipinski definition) is 4. The van der Waals surface area contributed by atoms with Gasteiger partial charge in [-0.2, -0.15) is 0 Å². The Bertz CT molecular complexity index is 470. The lowest BCUT2D eigenvalue weighted by molar-refractivity contribution is 0.200. The Hall–Kier alpha value is -2.37. The first-order valence-corrected chi connectivity index (χ1v) is 5.69. The van der Waals surface area contributed by atoms with Crippen molar-refractivity contribution in [1.82, 2.24) is 20.3 Å². The molecule has 6 heteroatoms. The number of benzene rings is 1. The summed E-state index contributed by atoms with van der Waals surface area (Å²) in [5.41, 5.74) is 0. The largest absolute Gasteiger partial charge is 0.412 e. The molecule has 0 atom stereocenters. The molecular weight excluding hydrogens is 232 g/mol. The summed E-state index contributed by atoms with van der Waals surface area (Å²) in [6.45, 7) is 1.25. The van der Waals surface area contributed by atoms with Gasteiger partial charge in [0.15, 0.2) is 0 Å².